The van der Waals surface area contributed by atoms with Gasteiger partial charge in [0.1, 0.15) is 8.72 Å². The van der Waals surface area contributed by atoms with Crippen molar-refractivity contribution in [1.29, 1.82) is 0 Å². The Bertz CT molecular complexity index is 1050. The van der Waals surface area contributed by atoms with Crippen LogP contribution in [0.3, 0.4) is 0 Å². The second-order valence-corrected chi connectivity index (χ2v) is 8.93. The van der Waals surface area contributed by atoms with Gasteiger partial charge in [0, 0.05) is 0 Å². The SMILES string of the molecule is O=S(=O)(c1ccccc1)c1c(-c2ccccc2)[nH]c(=S)sc1=S. The Morgan fingerprint density at radius 2 is 1.43 bits per heavy atom. The normalized spacial score (nSPS) is 11.3. The molecule has 0 saturated heterocycles. The van der Waals surface area contributed by atoms with Crippen molar-refractivity contribution in [2.75, 3.05) is 0 Å². The molecular formula is C16H11NO2S4. The summed E-state index contributed by atoms with van der Waals surface area (Å²) < 4.78 is 26.8. The standard InChI is InChI=1S/C16H11NO2S4/c18-23(19,12-9-5-2-6-10-12)14-13(11-7-3-1-4-8-11)17-16(21)22-15(14)20/h1-10H,(H,17,21). The van der Waals surface area contributed by atoms with E-state index in [-0.39, 0.29) is 13.6 Å². The first kappa shape index (κ1) is 16.2. The Kier molecular flexibility index (Phi) is 4.54. The number of aromatic nitrogens is 1. The Labute approximate surface area is 148 Å². The summed E-state index contributed by atoms with van der Waals surface area (Å²) in [5.41, 5.74) is 1.16. The number of H-pyrrole nitrogens is 1. The van der Waals surface area contributed by atoms with Crippen LogP contribution in [0.2, 0.25) is 0 Å². The maximum absolute atomic E-state index is 13.0. The molecule has 0 aliphatic rings. The molecule has 3 rings (SSSR count). The fourth-order valence-electron chi connectivity index (χ4n) is 2.19. The molecule has 1 heterocycles. The lowest BCUT2D eigenvalue weighted by atomic mass is 10.1. The van der Waals surface area contributed by atoms with Gasteiger partial charge in [-0.15, -0.1) is 0 Å². The zero-order valence-electron chi connectivity index (χ0n) is 11.7. The van der Waals surface area contributed by atoms with E-state index in [2.05, 4.69) is 4.98 Å². The van der Waals surface area contributed by atoms with Crippen LogP contribution in [0.5, 0.6) is 0 Å². The second-order valence-electron chi connectivity index (χ2n) is 4.69. The molecule has 2 aromatic carbocycles. The molecule has 0 radical (unpaired) electrons. The molecule has 1 aromatic heterocycles. The van der Waals surface area contributed by atoms with Crippen LogP contribution in [-0.2, 0) is 9.84 Å². The zero-order valence-corrected chi connectivity index (χ0v) is 15.0. The highest BCUT2D eigenvalue weighted by Gasteiger charge is 2.24. The lowest BCUT2D eigenvalue weighted by Crippen LogP contribution is -2.05. The predicted octanol–water partition coefficient (Wildman–Crippen LogP) is 5.03. The van der Waals surface area contributed by atoms with Crippen molar-refractivity contribution in [2.24, 2.45) is 0 Å². The summed E-state index contributed by atoms with van der Waals surface area (Å²) in [5, 5.41) is 0. The fourth-order valence-corrected chi connectivity index (χ4v) is 5.76. The third-order valence-electron chi connectivity index (χ3n) is 3.21. The van der Waals surface area contributed by atoms with Crippen LogP contribution < -0.4 is 0 Å². The van der Waals surface area contributed by atoms with E-state index in [4.69, 9.17) is 24.4 Å². The van der Waals surface area contributed by atoms with Gasteiger partial charge in [0.25, 0.3) is 0 Å². The summed E-state index contributed by atoms with van der Waals surface area (Å²) in [6.45, 7) is 0. The molecule has 7 heteroatoms. The van der Waals surface area contributed by atoms with E-state index in [1.54, 1.807) is 30.3 Å². The molecule has 0 spiro atoms. The number of rotatable bonds is 3. The van der Waals surface area contributed by atoms with E-state index < -0.39 is 9.84 Å². The fraction of sp³-hybridized carbons (Fsp3) is 0. The monoisotopic (exact) mass is 377 g/mol. The lowest BCUT2D eigenvalue weighted by molar-refractivity contribution is 0.596. The molecule has 23 heavy (non-hydrogen) atoms. The molecule has 0 fully saturated rings. The highest BCUT2D eigenvalue weighted by molar-refractivity contribution is 7.92. The van der Waals surface area contributed by atoms with Crippen molar-refractivity contribution in [2.45, 2.75) is 9.79 Å². The Balaban J connectivity index is 2.37. The minimum Gasteiger partial charge on any atom is -0.336 e. The smallest absolute Gasteiger partial charge is 0.210 e. The molecule has 0 aliphatic carbocycles. The van der Waals surface area contributed by atoms with Gasteiger partial charge >= 0.3 is 0 Å². The average Bonchev–Trinajstić information content (AvgIpc) is 2.55. The van der Waals surface area contributed by atoms with Crippen molar-refractivity contribution < 1.29 is 8.42 Å². The number of benzene rings is 2. The summed E-state index contributed by atoms with van der Waals surface area (Å²) >= 11 is 11.6. The number of hydrogen-bond acceptors (Lipinski definition) is 5. The Morgan fingerprint density at radius 3 is 2.04 bits per heavy atom. The highest BCUT2D eigenvalue weighted by atomic mass is 32.2. The second kappa shape index (κ2) is 6.45. The summed E-state index contributed by atoms with van der Waals surface area (Å²) in [4.78, 5) is 3.31. The quantitative estimate of drug-likeness (QED) is 0.650. The first-order valence-corrected chi connectivity index (χ1v) is 9.75. The van der Waals surface area contributed by atoms with Crippen molar-refractivity contribution >= 4 is 45.6 Å². The first-order chi connectivity index (χ1) is 11.0. The van der Waals surface area contributed by atoms with Crippen molar-refractivity contribution in [3.8, 4) is 11.3 Å². The number of hydrogen-bond donors (Lipinski definition) is 1. The van der Waals surface area contributed by atoms with Crippen LogP contribution in [0.15, 0.2) is 70.5 Å². The van der Waals surface area contributed by atoms with Crippen molar-refractivity contribution in [3.05, 3.63) is 68.4 Å². The molecule has 0 aliphatic heterocycles. The molecule has 0 bridgehead atoms. The minimum absolute atomic E-state index is 0.100. The molecule has 0 unspecified atom stereocenters. The zero-order chi connectivity index (χ0) is 16.4. The van der Waals surface area contributed by atoms with Gasteiger partial charge < -0.3 is 4.98 Å². The van der Waals surface area contributed by atoms with E-state index in [1.807, 2.05) is 30.3 Å². The van der Waals surface area contributed by atoms with Crippen molar-refractivity contribution in [3.63, 3.8) is 0 Å². The van der Waals surface area contributed by atoms with Gasteiger partial charge in [0.05, 0.1) is 10.6 Å². The van der Waals surface area contributed by atoms with Crippen molar-refractivity contribution in [1.82, 2.24) is 4.98 Å². The Hall–Kier alpha value is -1.67. The van der Waals surface area contributed by atoms with Crippen LogP contribution in [0.4, 0.5) is 0 Å². The van der Waals surface area contributed by atoms with Gasteiger partial charge in [-0.1, -0.05) is 72.1 Å². The lowest BCUT2D eigenvalue weighted by Gasteiger charge is -2.11. The predicted molar refractivity (Wildman–Crippen MR) is 97.7 cm³/mol. The van der Waals surface area contributed by atoms with E-state index in [0.717, 1.165) is 16.9 Å². The molecular weight excluding hydrogens is 366 g/mol. The van der Waals surface area contributed by atoms with Crippen LogP contribution in [0.25, 0.3) is 11.3 Å². The third kappa shape index (κ3) is 3.18. The van der Waals surface area contributed by atoms with E-state index >= 15 is 0 Å². The van der Waals surface area contributed by atoms with Crippen LogP contribution >= 0.6 is 35.8 Å². The molecule has 3 aromatic rings. The number of nitrogens with one attached hydrogen (secondary N) is 1. The van der Waals surface area contributed by atoms with E-state index in [9.17, 15) is 8.42 Å². The number of aromatic amines is 1. The Morgan fingerprint density at radius 1 is 0.870 bits per heavy atom. The molecule has 0 saturated carbocycles. The molecule has 116 valence electrons. The molecule has 1 N–H and O–H groups in total. The maximum atomic E-state index is 13.0. The topological polar surface area (TPSA) is 49.9 Å². The maximum Gasteiger partial charge on any atom is 0.210 e. The van der Waals surface area contributed by atoms with Gasteiger partial charge in [-0.25, -0.2) is 8.42 Å². The summed E-state index contributed by atoms with van der Waals surface area (Å²) in [5.74, 6) is 0. The van der Waals surface area contributed by atoms with Gasteiger partial charge in [-0.3, -0.25) is 0 Å². The van der Waals surface area contributed by atoms with Gasteiger partial charge in [-0.2, -0.15) is 0 Å². The van der Waals surface area contributed by atoms with E-state index in [1.165, 1.54) is 0 Å². The minimum atomic E-state index is -3.74. The van der Waals surface area contributed by atoms with Crippen LogP contribution in [-0.4, -0.2) is 13.4 Å². The average molecular weight is 378 g/mol. The van der Waals surface area contributed by atoms with Crippen LogP contribution in [0, 0.1) is 7.78 Å². The molecule has 3 nitrogen and oxygen atoms in total. The summed E-state index contributed by atoms with van der Waals surface area (Å²) in [6, 6.07) is 17.5. The number of sulfone groups is 1. The molecule has 0 amide bonds. The van der Waals surface area contributed by atoms with Gasteiger partial charge in [0.2, 0.25) is 9.84 Å². The van der Waals surface area contributed by atoms with Gasteiger partial charge in [0.15, 0.2) is 3.95 Å². The molecule has 0 atom stereocenters. The first-order valence-electron chi connectivity index (χ1n) is 6.63. The highest BCUT2D eigenvalue weighted by Crippen LogP contribution is 2.32. The summed E-state index contributed by atoms with van der Waals surface area (Å²) in [6.07, 6.45) is 0. The van der Waals surface area contributed by atoms with Crippen LogP contribution in [0.1, 0.15) is 0 Å². The van der Waals surface area contributed by atoms with Gasteiger partial charge in [-0.05, 0) is 29.9 Å². The largest absolute Gasteiger partial charge is 0.336 e. The van der Waals surface area contributed by atoms with E-state index in [0.29, 0.717) is 9.65 Å². The summed E-state index contributed by atoms with van der Waals surface area (Å²) in [7, 11) is -3.74. The third-order valence-corrected chi connectivity index (χ3v) is 6.79.